The summed E-state index contributed by atoms with van der Waals surface area (Å²) in [6.07, 6.45) is 8.90. The van der Waals surface area contributed by atoms with E-state index < -0.39 is 0 Å². The maximum absolute atomic E-state index is 12.4. The number of hydrogen-bond acceptors (Lipinski definition) is 3. The third kappa shape index (κ3) is 4.27. The van der Waals surface area contributed by atoms with E-state index in [4.69, 9.17) is 4.74 Å². The van der Waals surface area contributed by atoms with Crippen molar-refractivity contribution in [1.29, 1.82) is 0 Å². The first-order valence-electron chi connectivity index (χ1n) is 9.78. The molecule has 0 bridgehead atoms. The van der Waals surface area contributed by atoms with Gasteiger partial charge in [-0.2, -0.15) is 5.10 Å². The number of nitrogens with zero attached hydrogens (tertiary/aromatic N) is 2. The Hall–Kier alpha value is -3.80. The molecule has 0 aliphatic heterocycles. The lowest BCUT2D eigenvalue weighted by Gasteiger charge is -2.18. The maximum Gasteiger partial charge on any atom is 0.244 e. The van der Waals surface area contributed by atoms with E-state index in [9.17, 15) is 4.79 Å². The number of carbonyl (C=O) groups is 1. The molecule has 0 aliphatic carbocycles. The molecule has 0 fully saturated rings. The standard InChI is InChI=1S/C24H24N4O2/c1-28-16-17(13-27-28)7-12-24(29)26-14-21(18-8-10-19(30-2)11-9-18)22-15-25-23-6-4-3-5-20(22)23/h3-13,15-16,21,25H,14H2,1-2H3,(H,26,29)/b12-7+. The van der Waals surface area contributed by atoms with Crippen LogP contribution >= 0.6 is 0 Å². The molecule has 0 spiro atoms. The number of carbonyl (C=O) groups excluding carboxylic acids is 1. The topological polar surface area (TPSA) is 71.9 Å². The summed E-state index contributed by atoms with van der Waals surface area (Å²) in [6, 6.07) is 16.2. The number of amides is 1. The van der Waals surface area contributed by atoms with Gasteiger partial charge in [-0.25, -0.2) is 0 Å². The number of aryl methyl sites for hydroxylation is 1. The van der Waals surface area contributed by atoms with Crippen molar-refractivity contribution in [2.24, 2.45) is 7.05 Å². The fourth-order valence-corrected chi connectivity index (χ4v) is 3.59. The second-order valence-electron chi connectivity index (χ2n) is 7.14. The van der Waals surface area contributed by atoms with Crippen LogP contribution in [0.5, 0.6) is 5.75 Å². The average Bonchev–Trinajstić information content (AvgIpc) is 3.39. The first-order valence-corrected chi connectivity index (χ1v) is 9.78. The van der Waals surface area contributed by atoms with Crippen molar-refractivity contribution in [3.05, 3.63) is 89.9 Å². The summed E-state index contributed by atoms with van der Waals surface area (Å²) in [7, 11) is 3.50. The normalized spacial score (nSPS) is 12.3. The van der Waals surface area contributed by atoms with Crippen molar-refractivity contribution in [3.63, 3.8) is 0 Å². The van der Waals surface area contributed by atoms with Gasteiger partial charge in [0, 0.05) is 54.4 Å². The van der Waals surface area contributed by atoms with Crippen LogP contribution in [0.15, 0.2) is 73.2 Å². The van der Waals surface area contributed by atoms with Gasteiger partial charge >= 0.3 is 0 Å². The summed E-state index contributed by atoms with van der Waals surface area (Å²) < 4.78 is 6.99. The molecule has 0 radical (unpaired) electrons. The Balaban J connectivity index is 1.57. The molecule has 1 amide bonds. The predicted octanol–water partition coefficient (Wildman–Crippen LogP) is 3.87. The van der Waals surface area contributed by atoms with Crippen molar-refractivity contribution < 1.29 is 9.53 Å². The van der Waals surface area contributed by atoms with Crippen LogP contribution in [0.25, 0.3) is 17.0 Å². The number of benzene rings is 2. The molecule has 4 aromatic rings. The van der Waals surface area contributed by atoms with Gasteiger partial charge in [0.1, 0.15) is 5.75 Å². The number of hydrogen-bond donors (Lipinski definition) is 2. The van der Waals surface area contributed by atoms with E-state index in [1.165, 1.54) is 6.08 Å². The molecule has 2 aromatic heterocycles. The fraction of sp³-hybridized carbons (Fsp3) is 0.167. The fourth-order valence-electron chi connectivity index (χ4n) is 3.59. The molecule has 0 saturated carbocycles. The number of aromatic nitrogens is 3. The third-order valence-electron chi connectivity index (χ3n) is 5.15. The minimum atomic E-state index is -0.141. The number of ether oxygens (including phenoxy) is 1. The van der Waals surface area contributed by atoms with Gasteiger partial charge in [-0.1, -0.05) is 30.3 Å². The van der Waals surface area contributed by atoms with E-state index in [-0.39, 0.29) is 11.8 Å². The highest BCUT2D eigenvalue weighted by Crippen LogP contribution is 2.31. The highest BCUT2D eigenvalue weighted by Gasteiger charge is 2.19. The van der Waals surface area contributed by atoms with Gasteiger partial charge in [-0.15, -0.1) is 0 Å². The van der Waals surface area contributed by atoms with Crippen LogP contribution in [-0.4, -0.2) is 34.3 Å². The van der Waals surface area contributed by atoms with Gasteiger partial charge in [0.15, 0.2) is 0 Å². The van der Waals surface area contributed by atoms with Crippen LogP contribution in [0, 0.1) is 0 Å². The van der Waals surface area contributed by atoms with E-state index >= 15 is 0 Å². The molecule has 1 unspecified atom stereocenters. The van der Waals surface area contributed by atoms with Crippen LogP contribution in [0.1, 0.15) is 22.6 Å². The minimum Gasteiger partial charge on any atom is -0.497 e. The molecule has 6 nitrogen and oxygen atoms in total. The highest BCUT2D eigenvalue weighted by molar-refractivity contribution is 5.92. The molecule has 6 heteroatoms. The first kappa shape index (κ1) is 19.5. The van der Waals surface area contributed by atoms with Gasteiger partial charge in [0.2, 0.25) is 5.91 Å². The van der Waals surface area contributed by atoms with E-state index in [0.717, 1.165) is 33.3 Å². The second kappa shape index (κ2) is 8.69. The summed E-state index contributed by atoms with van der Waals surface area (Å²) >= 11 is 0. The van der Waals surface area contributed by atoms with Gasteiger partial charge in [0.05, 0.1) is 13.3 Å². The molecular formula is C24H24N4O2. The monoisotopic (exact) mass is 400 g/mol. The van der Waals surface area contributed by atoms with Crippen molar-refractivity contribution >= 4 is 22.9 Å². The summed E-state index contributed by atoms with van der Waals surface area (Å²) in [5.41, 5.74) is 4.22. The number of nitrogens with one attached hydrogen (secondary N) is 2. The zero-order chi connectivity index (χ0) is 20.9. The Morgan fingerprint density at radius 2 is 2.03 bits per heavy atom. The molecule has 30 heavy (non-hydrogen) atoms. The molecule has 0 aliphatic rings. The van der Waals surface area contributed by atoms with Gasteiger partial charge in [-0.3, -0.25) is 9.48 Å². The Bertz CT molecular complexity index is 1170. The molecular weight excluding hydrogens is 376 g/mol. The van der Waals surface area contributed by atoms with Crippen molar-refractivity contribution in [1.82, 2.24) is 20.1 Å². The molecule has 2 heterocycles. The highest BCUT2D eigenvalue weighted by atomic mass is 16.5. The number of fused-ring (bicyclic) bond motifs is 1. The van der Waals surface area contributed by atoms with E-state index in [1.54, 1.807) is 24.1 Å². The quantitative estimate of drug-likeness (QED) is 0.463. The van der Waals surface area contributed by atoms with Crippen LogP contribution < -0.4 is 10.1 Å². The van der Waals surface area contributed by atoms with Gasteiger partial charge < -0.3 is 15.0 Å². The first-order chi connectivity index (χ1) is 14.6. The molecule has 4 rings (SSSR count). The second-order valence-corrected chi connectivity index (χ2v) is 7.14. The minimum absolute atomic E-state index is 0.00259. The van der Waals surface area contributed by atoms with Crippen LogP contribution in [0.2, 0.25) is 0 Å². The SMILES string of the molecule is COc1ccc(C(CNC(=O)/C=C/c2cnn(C)c2)c2c[nH]c3ccccc23)cc1. The largest absolute Gasteiger partial charge is 0.497 e. The lowest BCUT2D eigenvalue weighted by Crippen LogP contribution is -2.27. The summed E-state index contributed by atoms with van der Waals surface area (Å²) in [5, 5.41) is 8.30. The third-order valence-corrected chi connectivity index (χ3v) is 5.15. The van der Waals surface area contributed by atoms with Crippen molar-refractivity contribution in [2.75, 3.05) is 13.7 Å². The van der Waals surface area contributed by atoms with Crippen LogP contribution in [0.3, 0.4) is 0 Å². The van der Waals surface area contributed by atoms with E-state index in [0.29, 0.717) is 6.54 Å². The maximum atomic E-state index is 12.4. The van der Waals surface area contributed by atoms with Crippen LogP contribution in [0.4, 0.5) is 0 Å². The Morgan fingerprint density at radius 1 is 1.23 bits per heavy atom. The average molecular weight is 400 g/mol. The number of aromatic amines is 1. The number of H-pyrrole nitrogens is 1. The molecule has 152 valence electrons. The van der Waals surface area contributed by atoms with Crippen molar-refractivity contribution in [3.8, 4) is 5.75 Å². The predicted molar refractivity (Wildman–Crippen MR) is 118 cm³/mol. The molecule has 2 N–H and O–H groups in total. The molecule has 2 aromatic carbocycles. The zero-order valence-electron chi connectivity index (χ0n) is 17.0. The Labute approximate surface area is 175 Å². The molecule has 1 atom stereocenters. The van der Waals surface area contributed by atoms with Gasteiger partial charge in [0.25, 0.3) is 0 Å². The number of para-hydroxylation sites is 1. The Morgan fingerprint density at radius 3 is 2.77 bits per heavy atom. The lowest BCUT2D eigenvalue weighted by atomic mass is 9.90. The number of methoxy groups -OCH3 is 1. The van der Waals surface area contributed by atoms with E-state index in [1.807, 2.05) is 55.8 Å². The zero-order valence-corrected chi connectivity index (χ0v) is 17.0. The summed E-state index contributed by atoms with van der Waals surface area (Å²) in [6.45, 7) is 0.477. The summed E-state index contributed by atoms with van der Waals surface area (Å²) in [5.74, 6) is 0.667. The van der Waals surface area contributed by atoms with Crippen LogP contribution in [-0.2, 0) is 11.8 Å². The summed E-state index contributed by atoms with van der Waals surface area (Å²) in [4.78, 5) is 15.8. The molecule has 0 saturated heterocycles. The Kier molecular flexibility index (Phi) is 5.66. The lowest BCUT2D eigenvalue weighted by molar-refractivity contribution is -0.116. The smallest absolute Gasteiger partial charge is 0.244 e. The van der Waals surface area contributed by atoms with Crippen molar-refractivity contribution in [2.45, 2.75) is 5.92 Å². The van der Waals surface area contributed by atoms with Gasteiger partial charge in [-0.05, 0) is 35.4 Å². The number of rotatable bonds is 7. The van der Waals surface area contributed by atoms with E-state index in [2.05, 4.69) is 27.5 Å².